The Morgan fingerprint density at radius 3 is 2.75 bits per heavy atom. The maximum absolute atomic E-state index is 12.7. The number of anilines is 1. The number of hydrogen-bond acceptors (Lipinski definition) is 7. The van der Waals surface area contributed by atoms with Crippen molar-refractivity contribution in [3.63, 3.8) is 0 Å². The molecule has 1 amide bonds. The largest absolute Gasteiger partial charge is 0.486 e. The van der Waals surface area contributed by atoms with E-state index in [1.54, 1.807) is 18.3 Å². The molecular formula is C24H19N3O4S. The second-order valence-electron chi connectivity index (χ2n) is 7.01. The molecule has 2 aromatic carbocycles. The van der Waals surface area contributed by atoms with Crippen molar-refractivity contribution in [2.45, 2.75) is 6.61 Å². The number of rotatable bonds is 6. The first-order valence-corrected chi connectivity index (χ1v) is 10.9. The lowest BCUT2D eigenvalue weighted by Gasteiger charge is -2.18. The smallest absolute Gasteiger partial charge is 0.257 e. The maximum atomic E-state index is 12.7. The van der Waals surface area contributed by atoms with Crippen molar-refractivity contribution < 1.29 is 19.0 Å². The molecular weight excluding hydrogens is 426 g/mol. The van der Waals surface area contributed by atoms with E-state index in [-0.39, 0.29) is 5.91 Å². The highest BCUT2D eigenvalue weighted by Crippen LogP contribution is 2.35. The third kappa shape index (κ3) is 4.55. The predicted molar refractivity (Wildman–Crippen MR) is 122 cm³/mol. The van der Waals surface area contributed by atoms with E-state index in [0.717, 1.165) is 22.6 Å². The van der Waals surface area contributed by atoms with Gasteiger partial charge in [0.15, 0.2) is 16.6 Å². The average molecular weight is 446 g/mol. The number of fused-ring (bicyclic) bond motifs is 1. The Morgan fingerprint density at radius 1 is 1.03 bits per heavy atom. The summed E-state index contributed by atoms with van der Waals surface area (Å²) in [6.45, 7) is 1.45. The van der Waals surface area contributed by atoms with Crippen LogP contribution in [0.25, 0.3) is 11.3 Å². The number of benzene rings is 2. The molecule has 8 heteroatoms. The predicted octanol–water partition coefficient (Wildman–Crippen LogP) is 4.81. The van der Waals surface area contributed by atoms with Crippen molar-refractivity contribution in [1.29, 1.82) is 0 Å². The molecule has 0 saturated carbocycles. The molecule has 32 heavy (non-hydrogen) atoms. The van der Waals surface area contributed by atoms with Crippen molar-refractivity contribution in [3.05, 3.63) is 83.4 Å². The van der Waals surface area contributed by atoms with Gasteiger partial charge in [0, 0.05) is 28.8 Å². The molecule has 5 rings (SSSR count). The van der Waals surface area contributed by atoms with Crippen LogP contribution in [0.3, 0.4) is 0 Å². The molecule has 1 aliphatic rings. The summed E-state index contributed by atoms with van der Waals surface area (Å²) in [6, 6.07) is 18.7. The van der Waals surface area contributed by atoms with E-state index in [0.29, 0.717) is 42.1 Å². The third-order valence-corrected chi connectivity index (χ3v) is 5.55. The van der Waals surface area contributed by atoms with Gasteiger partial charge in [0.05, 0.1) is 5.69 Å². The second kappa shape index (κ2) is 9.07. The number of pyridine rings is 1. The molecule has 0 aliphatic carbocycles. The summed E-state index contributed by atoms with van der Waals surface area (Å²) < 4.78 is 16.9. The summed E-state index contributed by atoms with van der Waals surface area (Å²) in [7, 11) is 0. The Bertz CT molecular complexity index is 1240. The zero-order valence-corrected chi connectivity index (χ0v) is 17.8. The van der Waals surface area contributed by atoms with E-state index in [1.165, 1.54) is 11.3 Å². The number of carbonyl (C=O) groups is 1. The molecule has 7 nitrogen and oxygen atoms in total. The van der Waals surface area contributed by atoms with E-state index in [4.69, 9.17) is 14.2 Å². The molecule has 0 bridgehead atoms. The quantitative estimate of drug-likeness (QED) is 0.459. The fourth-order valence-electron chi connectivity index (χ4n) is 3.20. The maximum Gasteiger partial charge on any atom is 0.257 e. The Kier molecular flexibility index (Phi) is 5.67. The molecule has 1 aliphatic heterocycles. The Balaban J connectivity index is 1.25. The van der Waals surface area contributed by atoms with E-state index in [2.05, 4.69) is 15.3 Å². The minimum Gasteiger partial charge on any atom is -0.486 e. The van der Waals surface area contributed by atoms with Gasteiger partial charge in [-0.3, -0.25) is 10.1 Å². The third-order valence-electron chi connectivity index (χ3n) is 4.79. The van der Waals surface area contributed by atoms with Crippen LogP contribution in [0.5, 0.6) is 17.4 Å². The van der Waals surface area contributed by atoms with Crippen LogP contribution in [0, 0.1) is 0 Å². The van der Waals surface area contributed by atoms with Crippen molar-refractivity contribution in [3.8, 4) is 28.6 Å². The van der Waals surface area contributed by atoms with E-state index >= 15 is 0 Å². The number of nitrogens with one attached hydrogen (secondary N) is 1. The highest BCUT2D eigenvalue weighted by molar-refractivity contribution is 7.14. The Hall–Kier alpha value is -3.91. The first-order valence-electron chi connectivity index (χ1n) is 10.0. The van der Waals surface area contributed by atoms with Gasteiger partial charge in [-0.2, -0.15) is 0 Å². The average Bonchev–Trinajstić information content (AvgIpc) is 3.32. The van der Waals surface area contributed by atoms with Gasteiger partial charge >= 0.3 is 0 Å². The fraction of sp³-hybridized carbons (Fsp3) is 0.125. The van der Waals surface area contributed by atoms with Gasteiger partial charge < -0.3 is 14.2 Å². The lowest BCUT2D eigenvalue weighted by Crippen LogP contribution is -2.15. The molecule has 4 aromatic rings. The Morgan fingerprint density at radius 2 is 1.88 bits per heavy atom. The lowest BCUT2D eigenvalue weighted by atomic mass is 10.1. The highest BCUT2D eigenvalue weighted by Gasteiger charge is 2.15. The molecule has 2 aromatic heterocycles. The van der Waals surface area contributed by atoms with Gasteiger partial charge in [-0.1, -0.05) is 30.3 Å². The van der Waals surface area contributed by atoms with Gasteiger partial charge in [-0.25, -0.2) is 9.97 Å². The van der Waals surface area contributed by atoms with Gasteiger partial charge in [-0.05, 0) is 29.8 Å². The Labute approximate surface area is 188 Å². The summed E-state index contributed by atoms with van der Waals surface area (Å²) >= 11 is 1.35. The molecule has 160 valence electrons. The molecule has 0 spiro atoms. The zero-order chi connectivity index (χ0) is 21.8. The minimum atomic E-state index is -0.278. The van der Waals surface area contributed by atoms with Crippen LogP contribution in [0.1, 0.15) is 15.9 Å². The van der Waals surface area contributed by atoms with E-state index in [1.807, 2.05) is 53.9 Å². The molecule has 1 N–H and O–H groups in total. The first-order chi connectivity index (χ1) is 15.7. The van der Waals surface area contributed by atoms with Crippen molar-refractivity contribution in [2.75, 3.05) is 18.5 Å². The highest BCUT2D eigenvalue weighted by atomic mass is 32.1. The molecule has 0 atom stereocenters. The standard InChI is InChI=1S/C24H19N3O4S/c28-23(18-8-9-25-22(13-18)31-14-16-4-2-1-3-5-16)27-24-26-19(15-32-24)17-6-7-20-21(12-17)30-11-10-29-20/h1-9,12-13,15H,10-11,14H2,(H,26,27,28). The number of aromatic nitrogens is 2. The van der Waals surface area contributed by atoms with Crippen LogP contribution in [-0.2, 0) is 6.61 Å². The number of carbonyl (C=O) groups excluding carboxylic acids is 1. The second-order valence-corrected chi connectivity index (χ2v) is 7.87. The number of amides is 1. The molecule has 0 fully saturated rings. The number of ether oxygens (including phenoxy) is 3. The minimum absolute atomic E-state index is 0.278. The summed E-state index contributed by atoms with van der Waals surface area (Å²) in [4.78, 5) is 21.4. The number of nitrogens with zero attached hydrogens (tertiary/aromatic N) is 2. The topological polar surface area (TPSA) is 82.6 Å². The van der Waals surface area contributed by atoms with E-state index < -0.39 is 0 Å². The van der Waals surface area contributed by atoms with Crippen LogP contribution < -0.4 is 19.5 Å². The lowest BCUT2D eigenvalue weighted by molar-refractivity contribution is 0.102. The van der Waals surface area contributed by atoms with Crippen molar-refractivity contribution >= 4 is 22.4 Å². The zero-order valence-electron chi connectivity index (χ0n) is 17.0. The summed E-state index contributed by atoms with van der Waals surface area (Å²) in [6.07, 6.45) is 1.55. The summed E-state index contributed by atoms with van der Waals surface area (Å²) in [5.74, 6) is 1.54. The molecule has 0 unspecified atom stereocenters. The van der Waals surface area contributed by atoms with Crippen LogP contribution in [0.2, 0.25) is 0 Å². The first kappa shape index (κ1) is 20.0. The van der Waals surface area contributed by atoms with Gasteiger partial charge in [0.2, 0.25) is 5.88 Å². The number of thiazole rings is 1. The van der Waals surface area contributed by atoms with Crippen LogP contribution >= 0.6 is 11.3 Å². The van der Waals surface area contributed by atoms with Gasteiger partial charge in [0.25, 0.3) is 5.91 Å². The van der Waals surface area contributed by atoms with Crippen LogP contribution in [0.15, 0.2) is 72.2 Å². The number of hydrogen-bond donors (Lipinski definition) is 1. The van der Waals surface area contributed by atoms with Gasteiger partial charge in [0.1, 0.15) is 19.8 Å². The normalized spacial score (nSPS) is 12.2. The van der Waals surface area contributed by atoms with Crippen LogP contribution in [0.4, 0.5) is 5.13 Å². The van der Waals surface area contributed by atoms with E-state index in [9.17, 15) is 4.79 Å². The fourth-order valence-corrected chi connectivity index (χ4v) is 3.91. The molecule has 0 saturated heterocycles. The summed E-state index contributed by atoms with van der Waals surface area (Å²) in [5.41, 5.74) is 3.12. The van der Waals surface area contributed by atoms with Crippen LogP contribution in [-0.4, -0.2) is 29.1 Å². The summed E-state index contributed by atoms with van der Waals surface area (Å²) in [5, 5.41) is 5.23. The van der Waals surface area contributed by atoms with Gasteiger partial charge in [-0.15, -0.1) is 11.3 Å². The SMILES string of the molecule is O=C(Nc1nc(-c2ccc3c(c2)OCCO3)cs1)c1ccnc(OCc2ccccc2)c1. The van der Waals surface area contributed by atoms with Crippen molar-refractivity contribution in [1.82, 2.24) is 9.97 Å². The molecule has 3 heterocycles. The molecule has 0 radical (unpaired) electrons. The van der Waals surface area contributed by atoms with Crippen molar-refractivity contribution in [2.24, 2.45) is 0 Å². The monoisotopic (exact) mass is 445 g/mol.